The summed E-state index contributed by atoms with van der Waals surface area (Å²) in [7, 11) is -3.56. The van der Waals surface area contributed by atoms with Crippen LogP contribution in [0.15, 0.2) is 57.8 Å². The fraction of sp³-hybridized carbons (Fsp3) is 0.125. The van der Waals surface area contributed by atoms with E-state index in [4.69, 9.17) is 16.0 Å². The number of rotatable bonds is 4. The molecule has 7 heteroatoms. The van der Waals surface area contributed by atoms with Crippen molar-refractivity contribution in [3.8, 4) is 11.5 Å². The van der Waals surface area contributed by atoms with Gasteiger partial charge in [-0.3, -0.25) is 0 Å². The number of hydrogen-bond donors (Lipinski definition) is 0. The van der Waals surface area contributed by atoms with Gasteiger partial charge in [-0.05, 0) is 43.3 Å². The standard InChI is InChI=1S/C16H13ClN2O3S/c1-11-2-4-12(5-3-11)16-19-18-15(22-16)10-23(20,21)14-8-6-13(17)7-9-14/h2-9H,10H2,1H3. The smallest absolute Gasteiger partial charge is 0.247 e. The van der Waals surface area contributed by atoms with Crippen LogP contribution in [-0.2, 0) is 15.6 Å². The second-order valence-corrected chi connectivity index (χ2v) is 7.51. The fourth-order valence-electron chi connectivity index (χ4n) is 2.01. The van der Waals surface area contributed by atoms with E-state index in [0.29, 0.717) is 10.9 Å². The minimum atomic E-state index is -3.56. The quantitative estimate of drug-likeness (QED) is 0.719. The van der Waals surface area contributed by atoms with E-state index >= 15 is 0 Å². The average molecular weight is 349 g/mol. The highest BCUT2D eigenvalue weighted by molar-refractivity contribution is 7.90. The first-order chi connectivity index (χ1) is 10.9. The van der Waals surface area contributed by atoms with Gasteiger partial charge in [-0.15, -0.1) is 10.2 Å². The first-order valence-corrected chi connectivity index (χ1v) is 8.85. The van der Waals surface area contributed by atoms with Gasteiger partial charge in [-0.25, -0.2) is 8.42 Å². The maximum Gasteiger partial charge on any atom is 0.247 e. The summed E-state index contributed by atoms with van der Waals surface area (Å²) < 4.78 is 30.1. The summed E-state index contributed by atoms with van der Waals surface area (Å²) in [5.74, 6) is -0.00476. The Hall–Kier alpha value is -2.18. The van der Waals surface area contributed by atoms with Crippen LogP contribution in [0.1, 0.15) is 11.5 Å². The van der Waals surface area contributed by atoms with Gasteiger partial charge >= 0.3 is 0 Å². The molecule has 2 aromatic carbocycles. The Labute approximate surface area is 138 Å². The van der Waals surface area contributed by atoms with Gasteiger partial charge in [0.1, 0.15) is 5.75 Å². The van der Waals surface area contributed by atoms with Crippen molar-refractivity contribution in [2.24, 2.45) is 0 Å². The first kappa shape index (κ1) is 15.7. The zero-order chi connectivity index (χ0) is 16.4. The maximum atomic E-state index is 12.3. The molecule has 0 bridgehead atoms. The number of aryl methyl sites for hydroxylation is 1. The molecule has 0 saturated heterocycles. The molecule has 0 spiro atoms. The van der Waals surface area contributed by atoms with Crippen molar-refractivity contribution in [3.05, 3.63) is 65.0 Å². The summed E-state index contributed by atoms with van der Waals surface area (Å²) in [6, 6.07) is 13.5. The van der Waals surface area contributed by atoms with Gasteiger partial charge < -0.3 is 4.42 Å². The first-order valence-electron chi connectivity index (χ1n) is 6.82. The molecule has 23 heavy (non-hydrogen) atoms. The molecule has 0 radical (unpaired) electrons. The molecule has 0 saturated carbocycles. The Kier molecular flexibility index (Phi) is 4.19. The van der Waals surface area contributed by atoms with Crippen molar-refractivity contribution < 1.29 is 12.8 Å². The molecule has 3 rings (SSSR count). The molecule has 0 atom stereocenters. The third-order valence-corrected chi connectivity index (χ3v) is 5.12. The summed E-state index contributed by atoms with van der Waals surface area (Å²) >= 11 is 5.77. The van der Waals surface area contributed by atoms with Crippen LogP contribution in [0.25, 0.3) is 11.5 Å². The predicted octanol–water partition coefficient (Wildman–Crippen LogP) is 3.67. The van der Waals surface area contributed by atoms with E-state index in [1.165, 1.54) is 24.3 Å². The highest BCUT2D eigenvalue weighted by atomic mass is 35.5. The highest BCUT2D eigenvalue weighted by Gasteiger charge is 2.20. The summed E-state index contributed by atoms with van der Waals surface area (Å²) in [4.78, 5) is 0.164. The summed E-state index contributed by atoms with van der Waals surface area (Å²) in [6.45, 7) is 1.97. The summed E-state index contributed by atoms with van der Waals surface area (Å²) in [5, 5.41) is 8.20. The maximum absolute atomic E-state index is 12.3. The third kappa shape index (κ3) is 3.60. The van der Waals surface area contributed by atoms with Crippen molar-refractivity contribution >= 4 is 21.4 Å². The minimum Gasteiger partial charge on any atom is -0.420 e. The van der Waals surface area contributed by atoms with Gasteiger partial charge in [0.25, 0.3) is 0 Å². The Balaban J connectivity index is 1.83. The lowest BCUT2D eigenvalue weighted by Crippen LogP contribution is -2.05. The van der Waals surface area contributed by atoms with Crippen molar-refractivity contribution in [2.75, 3.05) is 0 Å². The number of aromatic nitrogens is 2. The summed E-state index contributed by atoms with van der Waals surface area (Å²) in [6.07, 6.45) is 0. The highest BCUT2D eigenvalue weighted by Crippen LogP contribution is 2.22. The molecule has 0 aliphatic carbocycles. The van der Waals surface area contributed by atoms with E-state index in [9.17, 15) is 8.42 Å². The van der Waals surface area contributed by atoms with Crippen LogP contribution in [0.2, 0.25) is 5.02 Å². The number of nitrogens with zero attached hydrogens (tertiary/aromatic N) is 2. The van der Waals surface area contributed by atoms with Crippen molar-refractivity contribution in [3.63, 3.8) is 0 Å². The second-order valence-electron chi connectivity index (χ2n) is 5.08. The van der Waals surface area contributed by atoms with Gasteiger partial charge in [0.2, 0.25) is 11.8 Å². The number of hydrogen-bond acceptors (Lipinski definition) is 5. The lowest BCUT2D eigenvalue weighted by Gasteiger charge is -2.01. The number of sulfone groups is 1. The Morgan fingerprint density at radius 2 is 1.65 bits per heavy atom. The number of halogens is 1. The topological polar surface area (TPSA) is 73.1 Å². The zero-order valence-electron chi connectivity index (χ0n) is 12.2. The van der Waals surface area contributed by atoms with Gasteiger partial charge in [0, 0.05) is 10.6 Å². The van der Waals surface area contributed by atoms with Gasteiger partial charge in [-0.2, -0.15) is 0 Å². The van der Waals surface area contributed by atoms with Crippen LogP contribution in [0.3, 0.4) is 0 Å². The predicted molar refractivity (Wildman–Crippen MR) is 86.8 cm³/mol. The van der Waals surface area contributed by atoms with Crippen LogP contribution in [0.4, 0.5) is 0 Å². The van der Waals surface area contributed by atoms with Crippen LogP contribution < -0.4 is 0 Å². The summed E-state index contributed by atoms with van der Waals surface area (Å²) in [5.41, 5.74) is 1.86. The van der Waals surface area contributed by atoms with Crippen LogP contribution in [0.5, 0.6) is 0 Å². The normalized spacial score (nSPS) is 11.6. The van der Waals surface area contributed by atoms with E-state index in [2.05, 4.69) is 10.2 Å². The molecule has 0 unspecified atom stereocenters. The lowest BCUT2D eigenvalue weighted by molar-refractivity contribution is 0.518. The molecule has 0 amide bonds. The Bertz CT molecular complexity index is 917. The lowest BCUT2D eigenvalue weighted by atomic mass is 10.1. The van der Waals surface area contributed by atoms with E-state index in [1.54, 1.807) is 0 Å². The minimum absolute atomic E-state index is 0.0514. The third-order valence-electron chi connectivity index (χ3n) is 3.25. The van der Waals surface area contributed by atoms with E-state index in [1.807, 2.05) is 31.2 Å². The SMILES string of the molecule is Cc1ccc(-c2nnc(CS(=O)(=O)c3ccc(Cl)cc3)o2)cc1. The molecule has 5 nitrogen and oxygen atoms in total. The molecule has 3 aromatic rings. The van der Waals surface area contributed by atoms with Crippen LogP contribution in [0, 0.1) is 6.92 Å². The molecule has 1 aromatic heterocycles. The molecule has 0 N–H and O–H groups in total. The monoisotopic (exact) mass is 348 g/mol. The molecule has 0 aliphatic rings. The van der Waals surface area contributed by atoms with E-state index in [-0.39, 0.29) is 16.5 Å². The average Bonchev–Trinajstić information content (AvgIpc) is 2.96. The molecular formula is C16H13ClN2O3S. The molecule has 118 valence electrons. The van der Waals surface area contributed by atoms with Crippen molar-refractivity contribution in [1.29, 1.82) is 0 Å². The Morgan fingerprint density at radius 1 is 1.00 bits per heavy atom. The van der Waals surface area contributed by atoms with Crippen molar-refractivity contribution in [1.82, 2.24) is 10.2 Å². The fourth-order valence-corrected chi connectivity index (χ4v) is 3.30. The van der Waals surface area contributed by atoms with Gasteiger partial charge in [-0.1, -0.05) is 29.3 Å². The van der Waals surface area contributed by atoms with E-state index < -0.39 is 9.84 Å². The Morgan fingerprint density at radius 3 is 2.30 bits per heavy atom. The molecular weight excluding hydrogens is 336 g/mol. The second kappa shape index (κ2) is 6.14. The zero-order valence-corrected chi connectivity index (χ0v) is 13.8. The number of benzene rings is 2. The molecule has 0 aliphatic heterocycles. The molecule has 1 heterocycles. The van der Waals surface area contributed by atoms with Crippen LogP contribution >= 0.6 is 11.6 Å². The molecule has 0 fully saturated rings. The largest absolute Gasteiger partial charge is 0.420 e. The van der Waals surface area contributed by atoms with Gasteiger partial charge in [0.15, 0.2) is 9.84 Å². The van der Waals surface area contributed by atoms with Crippen LogP contribution in [-0.4, -0.2) is 18.6 Å². The van der Waals surface area contributed by atoms with E-state index in [0.717, 1.165) is 11.1 Å². The van der Waals surface area contributed by atoms with Gasteiger partial charge in [0.05, 0.1) is 4.90 Å². The van der Waals surface area contributed by atoms with Crippen molar-refractivity contribution in [2.45, 2.75) is 17.6 Å².